The van der Waals surface area contributed by atoms with Gasteiger partial charge < -0.3 is 9.47 Å². The molecule has 0 unspecified atom stereocenters. The van der Waals surface area contributed by atoms with Gasteiger partial charge in [0, 0.05) is 17.5 Å². The van der Waals surface area contributed by atoms with E-state index in [1.165, 1.54) is 18.4 Å². The summed E-state index contributed by atoms with van der Waals surface area (Å²) in [7, 11) is 1.40. The van der Waals surface area contributed by atoms with E-state index >= 15 is 0 Å². The molecule has 24 heavy (non-hydrogen) atoms. The van der Waals surface area contributed by atoms with Crippen molar-refractivity contribution in [1.29, 1.82) is 0 Å². The lowest BCUT2D eigenvalue weighted by Gasteiger charge is -2.09. The molecule has 6 heteroatoms. The zero-order valence-electron chi connectivity index (χ0n) is 14.2. The fourth-order valence-electron chi connectivity index (χ4n) is 2.59. The molecule has 1 aromatic carbocycles. The molecule has 0 aliphatic carbocycles. The van der Waals surface area contributed by atoms with Crippen LogP contribution in [0, 0.1) is 0 Å². The highest BCUT2D eigenvalue weighted by Gasteiger charge is 2.20. The Bertz CT molecular complexity index is 862. The van der Waals surface area contributed by atoms with Crippen LogP contribution in [0.4, 0.5) is 0 Å². The van der Waals surface area contributed by atoms with Gasteiger partial charge in [-0.2, -0.15) is 0 Å². The summed E-state index contributed by atoms with van der Waals surface area (Å²) >= 11 is 1.36. The van der Waals surface area contributed by atoms with Crippen molar-refractivity contribution in [3.63, 3.8) is 0 Å². The predicted molar refractivity (Wildman–Crippen MR) is 95.0 cm³/mol. The Morgan fingerprint density at radius 2 is 2.00 bits per heavy atom. The zero-order valence-corrected chi connectivity index (χ0v) is 15.0. The van der Waals surface area contributed by atoms with E-state index in [0.29, 0.717) is 4.88 Å². The van der Waals surface area contributed by atoms with E-state index in [2.05, 4.69) is 4.98 Å². The second-order valence-electron chi connectivity index (χ2n) is 5.69. The lowest BCUT2D eigenvalue weighted by molar-refractivity contribution is 0.0604. The first-order valence-corrected chi connectivity index (χ1v) is 8.71. The monoisotopic (exact) mass is 344 g/mol. The largest absolute Gasteiger partial charge is 0.491 e. The Balaban J connectivity index is 1.96. The van der Waals surface area contributed by atoms with Gasteiger partial charge in [0.15, 0.2) is 4.96 Å². The Morgan fingerprint density at radius 3 is 2.58 bits per heavy atom. The van der Waals surface area contributed by atoms with Crippen LogP contribution in [-0.4, -0.2) is 28.6 Å². The number of rotatable bonds is 5. The lowest BCUT2D eigenvalue weighted by atomic mass is 10.1. The molecule has 0 aliphatic rings. The number of carbonyl (C=O) groups is 1. The van der Waals surface area contributed by atoms with Gasteiger partial charge >= 0.3 is 5.97 Å². The molecule has 0 radical (unpaired) electrons. The number of imidazole rings is 1. The van der Waals surface area contributed by atoms with Crippen molar-refractivity contribution in [3.05, 3.63) is 41.0 Å². The average molecular weight is 344 g/mol. The quantitative estimate of drug-likeness (QED) is 0.651. The van der Waals surface area contributed by atoms with Gasteiger partial charge in [0.25, 0.3) is 0 Å². The second-order valence-corrected chi connectivity index (χ2v) is 6.67. The highest BCUT2D eigenvalue weighted by molar-refractivity contribution is 7.19. The minimum absolute atomic E-state index is 0.151. The maximum Gasteiger partial charge on any atom is 0.349 e. The Hall–Kier alpha value is -2.34. The molecule has 0 spiro atoms. The van der Waals surface area contributed by atoms with E-state index in [4.69, 9.17) is 9.47 Å². The molecule has 0 aliphatic heterocycles. The molecule has 0 N–H and O–H groups in total. The number of thiazole rings is 1. The molecule has 0 fully saturated rings. The van der Waals surface area contributed by atoms with Gasteiger partial charge in [0.1, 0.15) is 10.6 Å². The fraction of sp³-hybridized carbons (Fsp3) is 0.333. The van der Waals surface area contributed by atoms with Gasteiger partial charge in [0.05, 0.1) is 18.9 Å². The summed E-state index contributed by atoms with van der Waals surface area (Å²) in [5, 5.41) is 0. The van der Waals surface area contributed by atoms with Gasteiger partial charge in [-0.3, -0.25) is 4.40 Å². The minimum Gasteiger partial charge on any atom is -0.491 e. The molecule has 0 saturated carbocycles. The number of aryl methyl sites for hydroxylation is 1. The van der Waals surface area contributed by atoms with Crippen molar-refractivity contribution in [3.8, 4) is 17.0 Å². The van der Waals surface area contributed by atoms with Crippen LogP contribution >= 0.6 is 11.3 Å². The number of ether oxygens (including phenoxy) is 2. The highest BCUT2D eigenvalue weighted by Crippen LogP contribution is 2.29. The van der Waals surface area contributed by atoms with Gasteiger partial charge in [-0.1, -0.05) is 18.3 Å². The number of aromatic nitrogens is 2. The Kier molecular flexibility index (Phi) is 4.57. The molecule has 5 nitrogen and oxygen atoms in total. The van der Waals surface area contributed by atoms with Crippen LogP contribution in [0.2, 0.25) is 0 Å². The number of esters is 1. The molecule has 3 rings (SSSR count). The van der Waals surface area contributed by atoms with E-state index in [0.717, 1.165) is 34.1 Å². The van der Waals surface area contributed by atoms with Crippen LogP contribution in [0.1, 0.15) is 36.1 Å². The predicted octanol–water partition coefficient (Wildman–Crippen LogP) is 4.20. The van der Waals surface area contributed by atoms with E-state index in [1.807, 2.05) is 55.6 Å². The fourth-order valence-corrected chi connectivity index (χ4v) is 3.70. The highest BCUT2D eigenvalue weighted by atomic mass is 32.1. The summed E-state index contributed by atoms with van der Waals surface area (Å²) in [6.45, 7) is 6.02. The third-order valence-corrected chi connectivity index (χ3v) is 4.72. The molecule has 2 heterocycles. The van der Waals surface area contributed by atoms with Gasteiger partial charge in [0.2, 0.25) is 0 Å². The van der Waals surface area contributed by atoms with Crippen LogP contribution in [0.15, 0.2) is 30.5 Å². The second kappa shape index (κ2) is 6.65. The Labute approximate surface area is 144 Å². The smallest absolute Gasteiger partial charge is 0.349 e. The third kappa shape index (κ3) is 3.01. The number of methoxy groups -OCH3 is 1. The van der Waals surface area contributed by atoms with E-state index < -0.39 is 0 Å². The molecule has 0 atom stereocenters. The first kappa shape index (κ1) is 16.5. The topological polar surface area (TPSA) is 52.8 Å². The number of hydrogen-bond acceptors (Lipinski definition) is 5. The molecule has 0 bridgehead atoms. The molecule has 3 aromatic rings. The summed E-state index contributed by atoms with van der Waals surface area (Å²) < 4.78 is 12.5. The van der Waals surface area contributed by atoms with Crippen molar-refractivity contribution in [2.24, 2.45) is 0 Å². The molecule has 126 valence electrons. The summed E-state index contributed by atoms with van der Waals surface area (Å²) in [5.74, 6) is 0.538. The average Bonchev–Trinajstić information content (AvgIpc) is 3.11. The standard InChI is InChI=1S/C18H20N2O3S/c1-5-15-16(17(21)22-4)24-18-19-14(10-20(15)18)12-6-8-13(9-7-12)23-11(2)3/h6-11H,5H2,1-4H3. The van der Waals surface area contributed by atoms with Crippen LogP contribution < -0.4 is 4.74 Å². The van der Waals surface area contributed by atoms with Crippen molar-refractivity contribution in [2.75, 3.05) is 7.11 Å². The molecular formula is C18H20N2O3S. The molecule has 2 aromatic heterocycles. The molecular weight excluding hydrogens is 324 g/mol. The van der Waals surface area contributed by atoms with Gasteiger partial charge in [-0.15, -0.1) is 0 Å². The summed E-state index contributed by atoms with van der Waals surface area (Å²) in [4.78, 5) is 17.9. The van der Waals surface area contributed by atoms with E-state index in [9.17, 15) is 4.79 Å². The number of hydrogen-bond donors (Lipinski definition) is 0. The first-order valence-electron chi connectivity index (χ1n) is 7.89. The van der Waals surface area contributed by atoms with Crippen molar-refractivity contribution in [1.82, 2.24) is 9.38 Å². The van der Waals surface area contributed by atoms with Gasteiger partial charge in [-0.25, -0.2) is 9.78 Å². The van der Waals surface area contributed by atoms with Crippen LogP contribution in [-0.2, 0) is 11.2 Å². The number of benzene rings is 1. The maximum atomic E-state index is 11.9. The van der Waals surface area contributed by atoms with Gasteiger partial charge in [-0.05, 0) is 44.5 Å². The zero-order chi connectivity index (χ0) is 17.3. The lowest BCUT2D eigenvalue weighted by Crippen LogP contribution is -2.05. The van der Waals surface area contributed by atoms with E-state index in [-0.39, 0.29) is 12.1 Å². The van der Waals surface area contributed by atoms with Crippen molar-refractivity contribution in [2.45, 2.75) is 33.3 Å². The van der Waals surface area contributed by atoms with E-state index in [1.54, 1.807) is 0 Å². The van der Waals surface area contributed by atoms with Crippen LogP contribution in [0.25, 0.3) is 16.2 Å². The SMILES string of the molecule is CCc1c(C(=O)OC)sc2nc(-c3ccc(OC(C)C)cc3)cn12. The third-order valence-electron chi connectivity index (χ3n) is 3.65. The summed E-state index contributed by atoms with van der Waals surface area (Å²) in [5.41, 5.74) is 2.83. The molecule has 0 saturated heterocycles. The summed E-state index contributed by atoms with van der Waals surface area (Å²) in [6.07, 6.45) is 2.86. The van der Waals surface area contributed by atoms with Crippen molar-refractivity contribution >= 4 is 22.3 Å². The van der Waals surface area contributed by atoms with Crippen LogP contribution in [0.3, 0.4) is 0 Å². The summed E-state index contributed by atoms with van der Waals surface area (Å²) in [6, 6.07) is 7.89. The normalized spacial score (nSPS) is 11.2. The minimum atomic E-state index is -0.306. The van der Waals surface area contributed by atoms with Crippen LogP contribution in [0.5, 0.6) is 5.75 Å². The number of nitrogens with zero attached hydrogens (tertiary/aromatic N) is 2. The number of fused-ring (bicyclic) bond motifs is 1. The first-order chi connectivity index (χ1) is 11.5. The number of carbonyl (C=O) groups excluding carboxylic acids is 1. The maximum absolute atomic E-state index is 11.9. The Morgan fingerprint density at radius 1 is 1.29 bits per heavy atom. The molecule has 0 amide bonds. The van der Waals surface area contributed by atoms with Crippen molar-refractivity contribution < 1.29 is 14.3 Å².